The van der Waals surface area contributed by atoms with Crippen molar-refractivity contribution in [3.05, 3.63) is 53.6 Å². The topological polar surface area (TPSA) is 48.0 Å². The van der Waals surface area contributed by atoms with Gasteiger partial charge in [0.2, 0.25) is 0 Å². The van der Waals surface area contributed by atoms with Crippen molar-refractivity contribution in [2.45, 2.75) is 19.4 Å². The molecule has 5 nitrogen and oxygen atoms in total. The molecule has 1 fully saturated rings. The molecule has 4 rings (SSSR count). The molecule has 3 atom stereocenters. The fraction of sp³-hybridized carbons (Fsp3) is 0.400. The Morgan fingerprint density at radius 3 is 2.50 bits per heavy atom. The average Bonchev–Trinajstić information content (AvgIpc) is 2.69. The van der Waals surface area contributed by atoms with Crippen molar-refractivity contribution < 1.29 is 18.6 Å². The van der Waals surface area contributed by atoms with Crippen molar-refractivity contribution in [1.82, 2.24) is 4.67 Å². The van der Waals surface area contributed by atoms with E-state index in [1.54, 1.807) is 14.2 Å². The molecule has 26 heavy (non-hydrogen) atoms. The molecule has 0 spiro atoms. The fourth-order valence-electron chi connectivity index (χ4n) is 4.08. The molecule has 0 aliphatic carbocycles. The van der Waals surface area contributed by atoms with Crippen LogP contribution in [0.5, 0.6) is 11.5 Å². The minimum Gasteiger partial charge on any atom is -0.493 e. The fourth-order valence-corrected chi connectivity index (χ4v) is 6.71. The Kier molecular flexibility index (Phi) is 4.55. The normalized spacial score (nSPS) is 28.1. The van der Waals surface area contributed by atoms with Crippen molar-refractivity contribution in [2.75, 3.05) is 27.4 Å². The zero-order chi connectivity index (χ0) is 18.3. The summed E-state index contributed by atoms with van der Waals surface area (Å²) in [4.78, 5) is 0. The van der Waals surface area contributed by atoms with E-state index in [0.29, 0.717) is 18.9 Å². The van der Waals surface area contributed by atoms with Gasteiger partial charge in [0.05, 0.1) is 26.1 Å². The van der Waals surface area contributed by atoms with E-state index < -0.39 is 7.52 Å². The predicted octanol–water partition coefficient (Wildman–Crippen LogP) is 3.79. The lowest BCUT2D eigenvalue weighted by atomic mass is 9.87. The summed E-state index contributed by atoms with van der Waals surface area (Å²) in [6.45, 7) is 3.32. The minimum absolute atomic E-state index is 0.0401. The van der Waals surface area contributed by atoms with Crippen LogP contribution in [0.2, 0.25) is 0 Å². The molecule has 2 aromatic carbocycles. The molecule has 0 unspecified atom stereocenters. The molecule has 1 saturated heterocycles. The Morgan fingerprint density at radius 1 is 1.12 bits per heavy atom. The van der Waals surface area contributed by atoms with E-state index in [1.165, 1.54) is 11.1 Å². The first kappa shape index (κ1) is 17.6. The first-order valence-electron chi connectivity index (χ1n) is 8.90. The first-order valence-corrected chi connectivity index (χ1v) is 10.5. The molecule has 0 radical (unpaired) electrons. The molecule has 6 heteroatoms. The SMILES string of the molecule is COc1cc2c(cc1OC)[C@H]1[C@H](C)CO[P@](=O)(c3ccccc3)N1CC2. The van der Waals surface area contributed by atoms with E-state index in [2.05, 4.69) is 17.7 Å². The smallest absolute Gasteiger partial charge is 0.302 e. The second-order valence-electron chi connectivity index (χ2n) is 6.89. The van der Waals surface area contributed by atoms with Crippen molar-refractivity contribution >= 4 is 12.8 Å². The zero-order valence-corrected chi connectivity index (χ0v) is 16.2. The van der Waals surface area contributed by atoms with Crippen molar-refractivity contribution in [1.29, 1.82) is 0 Å². The quantitative estimate of drug-likeness (QED) is 0.766. The van der Waals surface area contributed by atoms with Gasteiger partial charge in [0.25, 0.3) is 0 Å². The predicted molar refractivity (Wildman–Crippen MR) is 101 cm³/mol. The number of nitrogens with zero attached hydrogens (tertiary/aromatic N) is 1. The minimum atomic E-state index is -3.07. The van der Waals surface area contributed by atoms with Gasteiger partial charge in [-0.3, -0.25) is 4.57 Å². The van der Waals surface area contributed by atoms with Gasteiger partial charge in [0.1, 0.15) is 0 Å². The molecule has 138 valence electrons. The summed E-state index contributed by atoms with van der Waals surface area (Å²) < 4.78 is 32.9. The summed E-state index contributed by atoms with van der Waals surface area (Å²) in [6, 6.07) is 13.7. The van der Waals surface area contributed by atoms with Gasteiger partial charge >= 0.3 is 7.52 Å². The van der Waals surface area contributed by atoms with Gasteiger partial charge in [-0.2, -0.15) is 0 Å². The number of methoxy groups -OCH3 is 2. The van der Waals surface area contributed by atoms with Crippen LogP contribution in [0.25, 0.3) is 0 Å². The summed E-state index contributed by atoms with van der Waals surface area (Å²) in [7, 11) is 0.227. The average molecular weight is 373 g/mol. The summed E-state index contributed by atoms with van der Waals surface area (Å²) in [5.41, 5.74) is 2.40. The molecule has 2 aliphatic rings. The van der Waals surface area contributed by atoms with Crippen LogP contribution in [0.4, 0.5) is 0 Å². The third kappa shape index (κ3) is 2.66. The Morgan fingerprint density at radius 2 is 1.81 bits per heavy atom. The van der Waals surface area contributed by atoms with Gasteiger partial charge in [-0.1, -0.05) is 25.1 Å². The number of ether oxygens (including phenoxy) is 2. The maximum Gasteiger partial charge on any atom is 0.302 e. The number of benzene rings is 2. The van der Waals surface area contributed by atoms with Gasteiger partial charge in [0, 0.05) is 18.5 Å². The second kappa shape index (κ2) is 6.73. The van der Waals surface area contributed by atoms with Gasteiger partial charge in [-0.15, -0.1) is 0 Å². The zero-order valence-electron chi connectivity index (χ0n) is 15.3. The standard InChI is InChI=1S/C20H24NO4P/c1-14-13-25-26(22,16-7-5-4-6-8-16)21-10-9-15-11-18(23-2)19(24-3)12-17(15)20(14)21/h4-8,11-12,14,20H,9-10,13H2,1-3H3/t14-,20-,26-/m1/s1. The van der Waals surface area contributed by atoms with Crippen LogP contribution in [0.1, 0.15) is 24.1 Å². The van der Waals surface area contributed by atoms with E-state index in [1.807, 2.05) is 36.4 Å². The van der Waals surface area contributed by atoms with Crippen LogP contribution in [-0.4, -0.2) is 32.0 Å². The van der Waals surface area contributed by atoms with Crippen LogP contribution in [0, 0.1) is 5.92 Å². The summed E-state index contributed by atoms with van der Waals surface area (Å²) >= 11 is 0. The molecular weight excluding hydrogens is 349 g/mol. The largest absolute Gasteiger partial charge is 0.493 e. The van der Waals surface area contributed by atoms with Crippen LogP contribution in [0.3, 0.4) is 0 Å². The van der Waals surface area contributed by atoms with Gasteiger partial charge in [-0.05, 0) is 41.8 Å². The number of rotatable bonds is 3. The van der Waals surface area contributed by atoms with Crippen LogP contribution >= 0.6 is 7.52 Å². The van der Waals surface area contributed by atoms with Crippen molar-refractivity contribution in [3.63, 3.8) is 0 Å². The third-order valence-corrected chi connectivity index (χ3v) is 7.94. The van der Waals surface area contributed by atoms with Crippen LogP contribution < -0.4 is 14.8 Å². The Balaban J connectivity index is 1.82. The van der Waals surface area contributed by atoms with E-state index in [4.69, 9.17) is 14.0 Å². The van der Waals surface area contributed by atoms with Crippen LogP contribution in [0.15, 0.2) is 42.5 Å². The highest BCUT2D eigenvalue weighted by Crippen LogP contribution is 2.61. The lowest BCUT2D eigenvalue weighted by Gasteiger charge is -2.47. The van der Waals surface area contributed by atoms with Crippen molar-refractivity contribution in [3.8, 4) is 11.5 Å². The highest BCUT2D eigenvalue weighted by atomic mass is 31.2. The maximum atomic E-state index is 13.9. The van der Waals surface area contributed by atoms with E-state index >= 15 is 0 Å². The van der Waals surface area contributed by atoms with Crippen LogP contribution in [-0.2, 0) is 15.5 Å². The Bertz CT molecular complexity index is 854. The van der Waals surface area contributed by atoms with Gasteiger partial charge < -0.3 is 14.0 Å². The highest BCUT2D eigenvalue weighted by molar-refractivity contribution is 7.64. The number of hydrogen-bond acceptors (Lipinski definition) is 4. The second-order valence-corrected chi connectivity index (χ2v) is 9.22. The third-order valence-electron chi connectivity index (χ3n) is 5.37. The lowest BCUT2D eigenvalue weighted by molar-refractivity contribution is 0.103. The molecule has 0 bridgehead atoms. The number of fused-ring (bicyclic) bond motifs is 3. The summed E-state index contributed by atoms with van der Waals surface area (Å²) in [6.07, 6.45) is 0.805. The molecule has 2 heterocycles. The number of hydrogen-bond donors (Lipinski definition) is 0. The van der Waals surface area contributed by atoms with E-state index in [9.17, 15) is 4.57 Å². The molecule has 0 amide bonds. The van der Waals surface area contributed by atoms with Gasteiger partial charge in [-0.25, -0.2) is 4.67 Å². The first-order chi connectivity index (χ1) is 12.6. The molecular formula is C20H24NO4P. The lowest BCUT2D eigenvalue weighted by Crippen LogP contribution is -2.44. The summed E-state index contributed by atoms with van der Waals surface area (Å²) in [5.74, 6) is 1.69. The molecule has 0 saturated carbocycles. The van der Waals surface area contributed by atoms with E-state index in [-0.39, 0.29) is 12.0 Å². The van der Waals surface area contributed by atoms with E-state index in [0.717, 1.165) is 17.5 Å². The maximum absolute atomic E-state index is 13.9. The molecule has 0 aromatic heterocycles. The Labute approximate surface area is 154 Å². The highest BCUT2D eigenvalue weighted by Gasteiger charge is 2.48. The molecule has 2 aliphatic heterocycles. The monoisotopic (exact) mass is 373 g/mol. The molecule has 2 aromatic rings. The van der Waals surface area contributed by atoms with Crippen molar-refractivity contribution in [2.24, 2.45) is 5.92 Å². The summed E-state index contributed by atoms with van der Waals surface area (Å²) in [5, 5.41) is 0.765. The van der Waals surface area contributed by atoms with Gasteiger partial charge in [0.15, 0.2) is 11.5 Å². The molecule has 0 N–H and O–H groups in total. The Hall–Kier alpha value is -1.81.